The van der Waals surface area contributed by atoms with Crippen LogP contribution in [0.4, 0.5) is 50.9 Å². The summed E-state index contributed by atoms with van der Waals surface area (Å²) < 4.78 is 124. The third-order valence-electron chi connectivity index (χ3n) is 7.40. The fourth-order valence-electron chi connectivity index (χ4n) is 5.00. The van der Waals surface area contributed by atoms with Crippen molar-refractivity contribution in [3.63, 3.8) is 0 Å². The van der Waals surface area contributed by atoms with Crippen LogP contribution in [0, 0.1) is 27.7 Å². The van der Waals surface area contributed by atoms with Gasteiger partial charge < -0.3 is 9.80 Å². The van der Waals surface area contributed by atoms with Gasteiger partial charge in [0.15, 0.2) is 0 Å². The summed E-state index contributed by atoms with van der Waals surface area (Å²) in [7, 11) is 0. The second-order valence-corrected chi connectivity index (χ2v) is 11.3. The van der Waals surface area contributed by atoms with Crippen LogP contribution in [0.15, 0.2) is 75.8 Å². The summed E-state index contributed by atoms with van der Waals surface area (Å²) in [5, 5.41) is 0. The standard InChI is InChI=1S/C33H35F9N4/c1-19-14-22(4)29(27(15-19)33(40,41)42)44-30(23(5)16-26(32(37,38)39)17-24(6)31(34,35)36)46-13-9-12-45(18-46)25(7)43-28-20(2)10-8-11-21(28)3/h8,10-11,14-17H,5,9,12-13,18H2,1-4,6-7H3/b24-17+,26-16+,43-25+,44-30+. The Morgan fingerprint density at radius 3 is 1.89 bits per heavy atom. The Bertz CT molecular complexity index is 1570. The summed E-state index contributed by atoms with van der Waals surface area (Å²) in [4.78, 5) is 12.3. The first kappa shape index (κ1) is 36.4. The van der Waals surface area contributed by atoms with Crippen molar-refractivity contribution in [2.75, 3.05) is 19.8 Å². The largest absolute Gasteiger partial charge is 0.418 e. The van der Waals surface area contributed by atoms with E-state index in [4.69, 9.17) is 4.99 Å². The monoisotopic (exact) mass is 658 g/mol. The lowest BCUT2D eigenvalue weighted by molar-refractivity contribution is -0.137. The number of amidine groups is 2. The Morgan fingerprint density at radius 1 is 0.761 bits per heavy atom. The van der Waals surface area contributed by atoms with E-state index in [0.717, 1.165) is 22.9 Å². The zero-order chi connectivity index (χ0) is 34.8. The fraction of sp³-hybridized carbons (Fsp3) is 0.394. The smallest absolute Gasteiger partial charge is 0.342 e. The molecule has 0 radical (unpaired) electrons. The van der Waals surface area contributed by atoms with Gasteiger partial charge in [0.1, 0.15) is 11.7 Å². The molecule has 1 saturated heterocycles. The average Bonchev–Trinajstić information content (AvgIpc) is 2.92. The number of aliphatic imine (C=N–C) groups is 2. The van der Waals surface area contributed by atoms with Crippen LogP contribution in [0.3, 0.4) is 0 Å². The van der Waals surface area contributed by atoms with Crippen molar-refractivity contribution in [3.05, 3.63) is 93.6 Å². The number of para-hydroxylation sites is 1. The molecule has 0 saturated carbocycles. The predicted octanol–water partition coefficient (Wildman–Crippen LogP) is 10.2. The lowest BCUT2D eigenvalue weighted by atomic mass is 10.0. The van der Waals surface area contributed by atoms with Gasteiger partial charge in [0.05, 0.1) is 29.2 Å². The second-order valence-electron chi connectivity index (χ2n) is 11.3. The maximum atomic E-state index is 14.2. The molecule has 0 aliphatic carbocycles. The topological polar surface area (TPSA) is 31.2 Å². The highest BCUT2D eigenvalue weighted by Crippen LogP contribution is 2.40. The predicted molar refractivity (Wildman–Crippen MR) is 163 cm³/mol. The SMILES string of the molecule is C=C(/C=C(\C=C(/C)C(F)(F)F)C(F)(F)F)/C(=N\c1c(C)cc(C)cc1C(F)(F)F)N1CCCN(/C(C)=N/c2c(C)cccc2C)C1. The molecule has 0 unspecified atom stereocenters. The van der Waals surface area contributed by atoms with Gasteiger partial charge in [0.2, 0.25) is 0 Å². The zero-order valence-corrected chi connectivity index (χ0v) is 26.3. The van der Waals surface area contributed by atoms with Crippen molar-refractivity contribution in [2.24, 2.45) is 9.98 Å². The van der Waals surface area contributed by atoms with Crippen molar-refractivity contribution in [3.8, 4) is 0 Å². The molecule has 0 atom stereocenters. The third kappa shape index (κ3) is 9.03. The lowest BCUT2D eigenvalue weighted by Crippen LogP contribution is -2.49. The lowest BCUT2D eigenvalue weighted by Gasteiger charge is -2.39. The normalized spacial score (nSPS) is 16.3. The van der Waals surface area contributed by atoms with E-state index in [1.807, 2.05) is 32.0 Å². The quantitative estimate of drug-likeness (QED) is 0.139. The number of hydrogen-bond acceptors (Lipinski definition) is 2. The molecule has 0 N–H and O–H groups in total. The number of nitrogens with zero attached hydrogens (tertiary/aromatic N) is 4. The molecule has 0 aromatic heterocycles. The van der Waals surface area contributed by atoms with Crippen LogP contribution in [0.5, 0.6) is 0 Å². The Balaban J connectivity index is 2.22. The molecule has 46 heavy (non-hydrogen) atoms. The van der Waals surface area contributed by atoms with E-state index in [2.05, 4.69) is 11.6 Å². The van der Waals surface area contributed by atoms with Crippen molar-refractivity contribution in [1.29, 1.82) is 0 Å². The molecule has 250 valence electrons. The minimum Gasteiger partial charge on any atom is -0.342 e. The average molecular weight is 659 g/mol. The van der Waals surface area contributed by atoms with Crippen LogP contribution in [-0.4, -0.2) is 53.6 Å². The highest BCUT2D eigenvalue weighted by molar-refractivity contribution is 6.02. The molecule has 2 aromatic carbocycles. The van der Waals surface area contributed by atoms with Gasteiger partial charge in [-0.05, 0) is 82.9 Å². The van der Waals surface area contributed by atoms with Gasteiger partial charge in [-0.25, -0.2) is 9.98 Å². The molecule has 1 aliphatic heterocycles. The maximum absolute atomic E-state index is 14.2. The minimum atomic E-state index is -5.24. The van der Waals surface area contributed by atoms with Gasteiger partial charge in [-0.3, -0.25) is 0 Å². The first-order valence-electron chi connectivity index (χ1n) is 14.2. The Labute approximate surface area is 262 Å². The first-order valence-corrected chi connectivity index (χ1v) is 14.2. The van der Waals surface area contributed by atoms with Crippen molar-refractivity contribution < 1.29 is 39.5 Å². The molecule has 1 fully saturated rings. The molecular weight excluding hydrogens is 623 g/mol. The molecular formula is C33H35F9N4. The molecule has 2 aromatic rings. The van der Waals surface area contributed by atoms with E-state index in [9.17, 15) is 39.5 Å². The first-order chi connectivity index (χ1) is 21.1. The number of rotatable bonds is 5. The minimum absolute atomic E-state index is 0.0308. The Morgan fingerprint density at radius 2 is 1.35 bits per heavy atom. The van der Waals surface area contributed by atoms with Gasteiger partial charge in [-0.15, -0.1) is 0 Å². The number of hydrogen-bond donors (Lipinski definition) is 0. The fourth-order valence-corrected chi connectivity index (χ4v) is 5.00. The van der Waals surface area contributed by atoms with E-state index in [1.165, 1.54) is 24.8 Å². The molecule has 0 bridgehead atoms. The van der Waals surface area contributed by atoms with Gasteiger partial charge >= 0.3 is 18.5 Å². The van der Waals surface area contributed by atoms with E-state index < -0.39 is 46.5 Å². The molecule has 4 nitrogen and oxygen atoms in total. The summed E-state index contributed by atoms with van der Waals surface area (Å²) >= 11 is 0. The maximum Gasteiger partial charge on any atom is 0.418 e. The Hall–Kier alpha value is -4.03. The number of aryl methyl sites for hydroxylation is 4. The van der Waals surface area contributed by atoms with E-state index in [0.29, 0.717) is 37.4 Å². The molecule has 0 amide bonds. The summed E-state index contributed by atoms with van der Waals surface area (Å²) in [5.41, 5.74) is -2.41. The van der Waals surface area contributed by atoms with Crippen LogP contribution < -0.4 is 0 Å². The molecule has 0 spiro atoms. The summed E-state index contributed by atoms with van der Waals surface area (Å²) in [6, 6.07) is 7.98. The second kappa shape index (κ2) is 13.8. The van der Waals surface area contributed by atoms with Crippen LogP contribution in [0.1, 0.15) is 48.1 Å². The number of halogens is 9. The highest BCUT2D eigenvalue weighted by Gasteiger charge is 2.38. The van der Waals surface area contributed by atoms with Crippen LogP contribution in [0.25, 0.3) is 0 Å². The van der Waals surface area contributed by atoms with E-state index in [1.54, 1.807) is 11.8 Å². The van der Waals surface area contributed by atoms with Crippen LogP contribution in [0.2, 0.25) is 0 Å². The van der Waals surface area contributed by atoms with E-state index in [-0.39, 0.29) is 30.7 Å². The van der Waals surface area contributed by atoms with Crippen LogP contribution in [-0.2, 0) is 6.18 Å². The summed E-state index contributed by atoms with van der Waals surface area (Å²) in [5.74, 6) is 0.201. The number of alkyl halides is 9. The number of allylic oxidation sites excluding steroid dienone is 3. The Kier molecular flexibility index (Phi) is 10.9. The molecule has 1 aliphatic rings. The summed E-state index contributed by atoms with van der Waals surface area (Å²) in [6.07, 6.45) is -14.4. The van der Waals surface area contributed by atoms with Gasteiger partial charge in [-0.2, -0.15) is 39.5 Å². The van der Waals surface area contributed by atoms with Gasteiger partial charge in [0, 0.05) is 24.2 Å². The van der Waals surface area contributed by atoms with Crippen molar-refractivity contribution >= 4 is 23.0 Å². The number of benzene rings is 2. The van der Waals surface area contributed by atoms with Crippen molar-refractivity contribution in [1.82, 2.24) is 9.80 Å². The summed E-state index contributed by atoms with van der Waals surface area (Å²) in [6.45, 7) is 13.1. The third-order valence-corrected chi connectivity index (χ3v) is 7.40. The highest BCUT2D eigenvalue weighted by atomic mass is 19.4. The molecule has 1 heterocycles. The van der Waals surface area contributed by atoms with Gasteiger partial charge in [-0.1, -0.05) is 36.4 Å². The van der Waals surface area contributed by atoms with Crippen molar-refractivity contribution in [2.45, 2.75) is 66.5 Å². The van der Waals surface area contributed by atoms with E-state index >= 15 is 0 Å². The van der Waals surface area contributed by atoms with Crippen LogP contribution >= 0.6 is 0 Å². The molecule has 13 heteroatoms. The molecule has 3 rings (SSSR count). The zero-order valence-electron chi connectivity index (χ0n) is 26.3. The van der Waals surface area contributed by atoms with Gasteiger partial charge in [0.25, 0.3) is 0 Å².